The van der Waals surface area contributed by atoms with E-state index in [-0.39, 0.29) is 0 Å². The molecule has 19 heavy (non-hydrogen) atoms. The third kappa shape index (κ3) is 2.53. The van der Waals surface area contributed by atoms with Gasteiger partial charge in [-0.15, -0.1) is 11.3 Å². The van der Waals surface area contributed by atoms with Gasteiger partial charge < -0.3 is 0 Å². The SMILES string of the molecule is Cc1nc(-c2cccc(-c3ccccc3Cl)n2)cs1. The molecule has 2 heterocycles. The predicted molar refractivity (Wildman–Crippen MR) is 80.5 cm³/mol. The topological polar surface area (TPSA) is 25.8 Å². The summed E-state index contributed by atoms with van der Waals surface area (Å²) in [6.45, 7) is 1.99. The van der Waals surface area contributed by atoms with E-state index < -0.39 is 0 Å². The average Bonchev–Trinajstić information content (AvgIpc) is 2.86. The van der Waals surface area contributed by atoms with Crippen molar-refractivity contribution in [3.8, 4) is 22.6 Å². The highest BCUT2D eigenvalue weighted by molar-refractivity contribution is 7.09. The second-order valence-corrected chi connectivity index (χ2v) is 5.61. The van der Waals surface area contributed by atoms with Gasteiger partial charge in [-0.1, -0.05) is 35.9 Å². The highest BCUT2D eigenvalue weighted by Gasteiger charge is 2.07. The van der Waals surface area contributed by atoms with Crippen LogP contribution >= 0.6 is 22.9 Å². The number of hydrogen-bond donors (Lipinski definition) is 0. The van der Waals surface area contributed by atoms with Crippen LogP contribution in [0.4, 0.5) is 0 Å². The fraction of sp³-hybridized carbons (Fsp3) is 0.0667. The molecule has 0 aliphatic carbocycles. The van der Waals surface area contributed by atoms with Crippen molar-refractivity contribution in [2.24, 2.45) is 0 Å². The summed E-state index contributed by atoms with van der Waals surface area (Å²) in [5.41, 5.74) is 3.60. The van der Waals surface area contributed by atoms with E-state index in [1.807, 2.05) is 54.8 Å². The summed E-state index contributed by atoms with van der Waals surface area (Å²) in [6.07, 6.45) is 0. The zero-order valence-corrected chi connectivity index (χ0v) is 11.9. The van der Waals surface area contributed by atoms with E-state index in [4.69, 9.17) is 11.6 Å². The van der Waals surface area contributed by atoms with Crippen molar-refractivity contribution >= 4 is 22.9 Å². The molecule has 94 valence electrons. The van der Waals surface area contributed by atoms with Gasteiger partial charge in [0.1, 0.15) is 0 Å². The monoisotopic (exact) mass is 286 g/mol. The second kappa shape index (κ2) is 5.11. The van der Waals surface area contributed by atoms with E-state index in [2.05, 4.69) is 9.97 Å². The normalized spacial score (nSPS) is 10.6. The van der Waals surface area contributed by atoms with Crippen LogP contribution in [0.3, 0.4) is 0 Å². The first kappa shape index (κ1) is 12.3. The average molecular weight is 287 g/mol. The van der Waals surface area contributed by atoms with Crippen molar-refractivity contribution in [2.45, 2.75) is 6.92 Å². The van der Waals surface area contributed by atoms with Gasteiger partial charge in [0.25, 0.3) is 0 Å². The highest BCUT2D eigenvalue weighted by Crippen LogP contribution is 2.28. The summed E-state index contributed by atoms with van der Waals surface area (Å²) < 4.78 is 0. The summed E-state index contributed by atoms with van der Waals surface area (Å²) in [6, 6.07) is 13.6. The van der Waals surface area contributed by atoms with Crippen LogP contribution in [0.2, 0.25) is 5.02 Å². The van der Waals surface area contributed by atoms with Crippen LogP contribution in [0.1, 0.15) is 5.01 Å². The van der Waals surface area contributed by atoms with Crippen LogP contribution in [0.25, 0.3) is 22.6 Å². The molecule has 0 aliphatic heterocycles. The first-order valence-electron chi connectivity index (χ1n) is 5.88. The number of thiazole rings is 1. The van der Waals surface area contributed by atoms with Crippen LogP contribution in [-0.4, -0.2) is 9.97 Å². The van der Waals surface area contributed by atoms with Crippen LogP contribution < -0.4 is 0 Å². The van der Waals surface area contributed by atoms with Crippen LogP contribution in [-0.2, 0) is 0 Å². The van der Waals surface area contributed by atoms with E-state index >= 15 is 0 Å². The summed E-state index contributed by atoms with van der Waals surface area (Å²) in [4.78, 5) is 9.11. The lowest BCUT2D eigenvalue weighted by atomic mass is 10.1. The minimum atomic E-state index is 0.710. The molecule has 0 atom stereocenters. The molecule has 0 radical (unpaired) electrons. The van der Waals surface area contributed by atoms with Gasteiger partial charge in [0.2, 0.25) is 0 Å². The quantitative estimate of drug-likeness (QED) is 0.674. The molecular formula is C15H11ClN2S. The molecule has 0 amide bonds. The predicted octanol–water partition coefficient (Wildman–Crippen LogP) is 4.83. The van der Waals surface area contributed by atoms with Crippen molar-refractivity contribution < 1.29 is 0 Å². The van der Waals surface area contributed by atoms with Crippen molar-refractivity contribution in [1.29, 1.82) is 0 Å². The van der Waals surface area contributed by atoms with Crippen molar-refractivity contribution in [3.63, 3.8) is 0 Å². The number of aromatic nitrogens is 2. The highest BCUT2D eigenvalue weighted by atomic mass is 35.5. The molecule has 0 bridgehead atoms. The zero-order chi connectivity index (χ0) is 13.2. The number of aryl methyl sites for hydroxylation is 1. The van der Waals surface area contributed by atoms with Gasteiger partial charge in [-0.2, -0.15) is 0 Å². The number of halogens is 1. The molecule has 0 fully saturated rings. The van der Waals surface area contributed by atoms with Gasteiger partial charge in [0.05, 0.1) is 22.1 Å². The van der Waals surface area contributed by atoms with Gasteiger partial charge in [0, 0.05) is 16.0 Å². The molecule has 3 aromatic rings. The number of hydrogen-bond acceptors (Lipinski definition) is 3. The number of benzene rings is 1. The maximum absolute atomic E-state index is 6.21. The van der Waals surface area contributed by atoms with Gasteiger partial charge in [-0.05, 0) is 25.1 Å². The van der Waals surface area contributed by atoms with E-state index in [1.54, 1.807) is 11.3 Å². The standard InChI is InChI=1S/C15H11ClN2S/c1-10-17-15(9-19-10)14-8-4-7-13(18-14)11-5-2-3-6-12(11)16/h2-9H,1H3. The fourth-order valence-electron chi connectivity index (χ4n) is 1.88. The summed E-state index contributed by atoms with van der Waals surface area (Å²) in [7, 11) is 0. The minimum absolute atomic E-state index is 0.710. The molecule has 2 nitrogen and oxygen atoms in total. The number of rotatable bonds is 2. The first-order valence-corrected chi connectivity index (χ1v) is 7.14. The maximum atomic E-state index is 6.21. The second-order valence-electron chi connectivity index (χ2n) is 4.14. The van der Waals surface area contributed by atoms with E-state index in [0.29, 0.717) is 5.02 Å². The molecule has 0 saturated heterocycles. The molecule has 0 N–H and O–H groups in total. The number of nitrogens with zero attached hydrogens (tertiary/aromatic N) is 2. The minimum Gasteiger partial charge on any atom is -0.246 e. The summed E-state index contributed by atoms with van der Waals surface area (Å²) in [5, 5.41) is 3.77. The molecule has 0 saturated carbocycles. The molecule has 3 rings (SSSR count). The molecule has 0 spiro atoms. The fourth-order valence-corrected chi connectivity index (χ4v) is 2.72. The Morgan fingerprint density at radius 3 is 2.42 bits per heavy atom. The third-order valence-electron chi connectivity index (χ3n) is 2.78. The third-order valence-corrected chi connectivity index (χ3v) is 3.88. The lowest BCUT2D eigenvalue weighted by Gasteiger charge is -2.04. The van der Waals surface area contributed by atoms with Crippen molar-refractivity contribution in [3.05, 3.63) is 57.9 Å². The van der Waals surface area contributed by atoms with E-state index in [0.717, 1.165) is 27.7 Å². The van der Waals surface area contributed by atoms with Crippen LogP contribution in [0, 0.1) is 6.92 Å². The van der Waals surface area contributed by atoms with Gasteiger partial charge in [0.15, 0.2) is 0 Å². The van der Waals surface area contributed by atoms with Crippen molar-refractivity contribution in [1.82, 2.24) is 9.97 Å². The maximum Gasteiger partial charge on any atom is 0.0998 e. The Hall–Kier alpha value is -1.71. The Bertz CT molecular complexity index is 721. The smallest absolute Gasteiger partial charge is 0.0998 e. The molecular weight excluding hydrogens is 276 g/mol. The molecule has 4 heteroatoms. The van der Waals surface area contributed by atoms with Gasteiger partial charge in [-0.25, -0.2) is 9.97 Å². The van der Waals surface area contributed by atoms with Crippen molar-refractivity contribution in [2.75, 3.05) is 0 Å². The zero-order valence-electron chi connectivity index (χ0n) is 10.3. The Balaban J connectivity index is 2.08. The summed E-state index contributed by atoms with van der Waals surface area (Å²) >= 11 is 7.83. The molecule has 1 aromatic carbocycles. The van der Waals surface area contributed by atoms with Gasteiger partial charge in [-0.3, -0.25) is 0 Å². The number of pyridine rings is 1. The Labute approximate surface area is 120 Å². The van der Waals surface area contributed by atoms with E-state index in [1.165, 1.54) is 0 Å². The first-order chi connectivity index (χ1) is 9.24. The van der Waals surface area contributed by atoms with Crippen LogP contribution in [0.15, 0.2) is 47.8 Å². The van der Waals surface area contributed by atoms with Crippen LogP contribution in [0.5, 0.6) is 0 Å². The largest absolute Gasteiger partial charge is 0.246 e. The Morgan fingerprint density at radius 1 is 0.895 bits per heavy atom. The Morgan fingerprint density at radius 2 is 1.68 bits per heavy atom. The van der Waals surface area contributed by atoms with E-state index in [9.17, 15) is 0 Å². The molecule has 0 unspecified atom stereocenters. The Kier molecular flexibility index (Phi) is 3.32. The lowest BCUT2D eigenvalue weighted by molar-refractivity contribution is 1.24. The molecule has 0 aliphatic rings. The molecule has 2 aromatic heterocycles. The van der Waals surface area contributed by atoms with Gasteiger partial charge >= 0.3 is 0 Å². The lowest BCUT2D eigenvalue weighted by Crippen LogP contribution is -1.88. The summed E-state index contributed by atoms with van der Waals surface area (Å²) in [5.74, 6) is 0.